The van der Waals surface area contributed by atoms with Crippen LogP contribution in [0.5, 0.6) is 0 Å². The average Bonchev–Trinajstić information content (AvgIpc) is 2.36. The topological polar surface area (TPSA) is 84.7 Å². The number of rotatable bonds is 5. The second-order valence-corrected chi connectivity index (χ2v) is 4.16. The Bertz CT molecular complexity index is 472. The Labute approximate surface area is 112 Å². The molecule has 104 valence electrons. The van der Waals surface area contributed by atoms with Crippen LogP contribution in [0.2, 0.25) is 0 Å². The molecule has 0 fully saturated rings. The van der Waals surface area contributed by atoms with E-state index in [1.807, 2.05) is 0 Å². The summed E-state index contributed by atoms with van der Waals surface area (Å²) in [6.07, 6.45) is 0. The summed E-state index contributed by atoms with van der Waals surface area (Å²) in [6, 6.07) is 4.79. The molecule has 0 aromatic heterocycles. The fourth-order valence-corrected chi connectivity index (χ4v) is 1.39. The van der Waals surface area contributed by atoms with Crippen molar-refractivity contribution < 1.29 is 14.3 Å². The van der Waals surface area contributed by atoms with Gasteiger partial charge in [-0.3, -0.25) is 4.79 Å². The normalized spacial score (nSPS) is 9.84. The molecule has 0 aliphatic rings. The van der Waals surface area contributed by atoms with E-state index in [0.717, 1.165) is 0 Å². The van der Waals surface area contributed by atoms with E-state index in [9.17, 15) is 9.59 Å². The van der Waals surface area contributed by atoms with Crippen molar-refractivity contribution in [1.82, 2.24) is 4.90 Å². The second-order valence-electron chi connectivity index (χ2n) is 4.16. The number of ether oxygens (including phenoxy) is 1. The minimum atomic E-state index is -0.412. The molecule has 6 nitrogen and oxygen atoms in total. The first-order chi connectivity index (χ1) is 8.95. The molecule has 6 heteroatoms. The summed E-state index contributed by atoms with van der Waals surface area (Å²) in [6.45, 7) is 2.20. The zero-order valence-electron chi connectivity index (χ0n) is 11.4. The number of carbonyl (C=O) groups excluding carboxylic acids is 2. The number of likely N-dealkylation sites (N-methyl/N-ethyl adjacent to an activating group) is 1. The quantitative estimate of drug-likeness (QED) is 0.611. The molecule has 0 aliphatic heterocycles. The monoisotopic (exact) mass is 265 g/mol. The van der Waals surface area contributed by atoms with Crippen molar-refractivity contribution in [2.24, 2.45) is 0 Å². The van der Waals surface area contributed by atoms with Crippen LogP contribution in [-0.4, -0.2) is 44.0 Å². The molecule has 0 saturated heterocycles. The van der Waals surface area contributed by atoms with E-state index in [1.165, 1.54) is 11.0 Å². The van der Waals surface area contributed by atoms with Crippen LogP contribution in [-0.2, 0) is 9.53 Å². The van der Waals surface area contributed by atoms with Gasteiger partial charge in [-0.2, -0.15) is 0 Å². The predicted octanol–water partition coefficient (Wildman–Crippen LogP) is 0.946. The van der Waals surface area contributed by atoms with E-state index in [1.54, 1.807) is 33.2 Å². The van der Waals surface area contributed by atoms with Crippen molar-refractivity contribution in [3.63, 3.8) is 0 Å². The largest absolute Gasteiger partial charge is 0.462 e. The maximum absolute atomic E-state index is 11.5. The number of nitrogens with zero attached hydrogens (tertiary/aromatic N) is 1. The minimum absolute atomic E-state index is 0.0612. The third kappa shape index (κ3) is 4.17. The van der Waals surface area contributed by atoms with Gasteiger partial charge in [0.1, 0.15) is 0 Å². The SMILES string of the molecule is CCOC(=O)c1ccc(NCC(=O)N(C)C)c(N)c1. The average molecular weight is 265 g/mol. The Morgan fingerprint density at radius 3 is 2.58 bits per heavy atom. The molecule has 19 heavy (non-hydrogen) atoms. The molecule has 1 aromatic rings. The van der Waals surface area contributed by atoms with Crippen LogP contribution < -0.4 is 11.1 Å². The molecule has 0 saturated carbocycles. The first-order valence-electron chi connectivity index (χ1n) is 5.96. The molecular weight excluding hydrogens is 246 g/mol. The molecule has 1 rings (SSSR count). The van der Waals surface area contributed by atoms with Crippen LogP contribution in [0.4, 0.5) is 11.4 Å². The minimum Gasteiger partial charge on any atom is -0.462 e. The molecule has 0 aliphatic carbocycles. The molecular formula is C13H19N3O3. The summed E-state index contributed by atoms with van der Waals surface area (Å²) in [5.41, 5.74) is 7.23. The van der Waals surface area contributed by atoms with E-state index < -0.39 is 5.97 Å². The van der Waals surface area contributed by atoms with Gasteiger partial charge in [-0.25, -0.2) is 4.79 Å². The highest BCUT2D eigenvalue weighted by Crippen LogP contribution is 2.20. The first kappa shape index (κ1) is 14.8. The number of carbonyl (C=O) groups is 2. The van der Waals surface area contributed by atoms with Crippen LogP contribution in [0.25, 0.3) is 0 Å². The van der Waals surface area contributed by atoms with E-state index in [0.29, 0.717) is 23.5 Å². The lowest BCUT2D eigenvalue weighted by Crippen LogP contribution is -2.28. The lowest BCUT2D eigenvalue weighted by molar-refractivity contribution is -0.126. The molecule has 1 amide bonds. The van der Waals surface area contributed by atoms with Crippen LogP contribution >= 0.6 is 0 Å². The van der Waals surface area contributed by atoms with Crippen molar-refractivity contribution in [3.8, 4) is 0 Å². The maximum atomic E-state index is 11.5. The van der Waals surface area contributed by atoms with Gasteiger partial charge < -0.3 is 20.7 Å². The number of amides is 1. The van der Waals surface area contributed by atoms with E-state index in [-0.39, 0.29) is 12.5 Å². The second kappa shape index (κ2) is 6.63. The summed E-state index contributed by atoms with van der Waals surface area (Å²) >= 11 is 0. The molecule has 0 bridgehead atoms. The summed E-state index contributed by atoms with van der Waals surface area (Å²) < 4.78 is 4.88. The Morgan fingerprint density at radius 1 is 1.37 bits per heavy atom. The highest BCUT2D eigenvalue weighted by atomic mass is 16.5. The van der Waals surface area contributed by atoms with Crippen LogP contribution in [0, 0.1) is 0 Å². The molecule has 0 heterocycles. The number of anilines is 2. The summed E-state index contributed by atoms with van der Waals surface area (Å²) in [4.78, 5) is 24.4. The van der Waals surface area contributed by atoms with Gasteiger partial charge >= 0.3 is 5.97 Å². The maximum Gasteiger partial charge on any atom is 0.338 e. The van der Waals surface area contributed by atoms with Crippen LogP contribution in [0.3, 0.4) is 0 Å². The molecule has 1 aromatic carbocycles. The van der Waals surface area contributed by atoms with Crippen molar-refractivity contribution in [2.45, 2.75) is 6.92 Å². The number of nitrogens with one attached hydrogen (secondary N) is 1. The zero-order chi connectivity index (χ0) is 14.4. The van der Waals surface area contributed by atoms with Gasteiger partial charge in [0.15, 0.2) is 0 Å². The van der Waals surface area contributed by atoms with Gasteiger partial charge in [0, 0.05) is 14.1 Å². The Balaban J connectivity index is 2.72. The molecule has 0 atom stereocenters. The number of hydrogen-bond donors (Lipinski definition) is 2. The van der Waals surface area contributed by atoms with Crippen molar-refractivity contribution in [1.29, 1.82) is 0 Å². The number of hydrogen-bond acceptors (Lipinski definition) is 5. The van der Waals surface area contributed by atoms with Gasteiger partial charge in [0.05, 0.1) is 30.1 Å². The standard InChI is InChI=1S/C13H19N3O3/c1-4-19-13(18)9-5-6-11(10(14)7-9)15-8-12(17)16(2)3/h5-7,15H,4,8,14H2,1-3H3. The summed E-state index contributed by atoms with van der Waals surface area (Å²) in [7, 11) is 3.36. The Morgan fingerprint density at radius 2 is 2.05 bits per heavy atom. The van der Waals surface area contributed by atoms with E-state index >= 15 is 0 Å². The lowest BCUT2D eigenvalue weighted by Gasteiger charge is -2.13. The third-order valence-electron chi connectivity index (χ3n) is 2.49. The Kier molecular flexibility index (Phi) is 5.17. The first-order valence-corrected chi connectivity index (χ1v) is 5.96. The van der Waals surface area contributed by atoms with Gasteiger partial charge in [0.2, 0.25) is 5.91 Å². The highest BCUT2D eigenvalue weighted by Gasteiger charge is 2.10. The lowest BCUT2D eigenvalue weighted by atomic mass is 10.1. The fraction of sp³-hybridized carbons (Fsp3) is 0.385. The highest BCUT2D eigenvalue weighted by molar-refractivity contribution is 5.92. The molecule has 0 radical (unpaired) electrons. The smallest absolute Gasteiger partial charge is 0.338 e. The van der Waals surface area contributed by atoms with Gasteiger partial charge in [-0.15, -0.1) is 0 Å². The molecule has 3 N–H and O–H groups in total. The summed E-state index contributed by atoms with van der Waals surface area (Å²) in [5, 5.41) is 2.92. The van der Waals surface area contributed by atoms with Gasteiger partial charge in [-0.05, 0) is 25.1 Å². The predicted molar refractivity (Wildman–Crippen MR) is 74.0 cm³/mol. The van der Waals surface area contributed by atoms with Crippen molar-refractivity contribution >= 4 is 23.3 Å². The number of nitrogen functional groups attached to an aromatic ring is 1. The zero-order valence-corrected chi connectivity index (χ0v) is 11.4. The molecule has 0 unspecified atom stereocenters. The summed E-state index contributed by atoms with van der Waals surface area (Å²) in [5.74, 6) is -0.473. The van der Waals surface area contributed by atoms with Crippen molar-refractivity contribution in [3.05, 3.63) is 23.8 Å². The third-order valence-corrected chi connectivity index (χ3v) is 2.49. The van der Waals surface area contributed by atoms with Crippen molar-refractivity contribution in [2.75, 3.05) is 38.3 Å². The number of esters is 1. The van der Waals surface area contributed by atoms with E-state index in [4.69, 9.17) is 10.5 Å². The fourth-order valence-electron chi connectivity index (χ4n) is 1.39. The Hall–Kier alpha value is -2.24. The number of benzene rings is 1. The van der Waals surface area contributed by atoms with Crippen LogP contribution in [0.15, 0.2) is 18.2 Å². The van der Waals surface area contributed by atoms with E-state index in [2.05, 4.69) is 5.32 Å². The molecule has 0 spiro atoms. The van der Waals surface area contributed by atoms with Crippen LogP contribution in [0.1, 0.15) is 17.3 Å². The van der Waals surface area contributed by atoms with Gasteiger partial charge in [0.25, 0.3) is 0 Å². The number of nitrogens with two attached hydrogens (primary N) is 1. The van der Waals surface area contributed by atoms with Gasteiger partial charge in [-0.1, -0.05) is 0 Å².